The average Bonchev–Trinajstić information content (AvgIpc) is 3.35. The molecule has 1 atom stereocenters. The first-order chi connectivity index (χ1) is 18.5. The lowest BCUT2D eigenvalue weighted by Crippen LogP contribution is -2.18. The van der Waals surface area contributed by atoms with Crippen LogP contribution in [-0.4, -0.2) is 27.5 Å². The highest BCUT2D eigenvalue weighted by atomic mass is 35.5. The first-order valence-electron chi connectivity index (χ1n) is 12.7. The van der Waals surface area contributed by atoms with Gasteiger partial charge in [-0.05, 0) is 83.9 Å². The van der Waals surface area contributed by atoms with E-state index in [1.165, 1.54) is 12.1 Å². The van der Waals surface area contributed by atoms with E-state index >= 15 is 4.39 Å². The van der Waals surface area contributed by atoms with Crippen LogP contribution >= 0.6 is 11.6 Å². The molecule has 5 rings (SSSR count). The molecule has 0 spiro atoms. The van der Waals surface area contributed by atoms with Crippen molar-refractivity contribution in [1.82, 2.24) is 9.78 Å². The average molecular weight is 531 g/mol. The molecule has 0 saturated carbocycles. The normalized spacial score (nSPS) is 16.7. The summed E-state index contributed by atoms with van der Waals surface area (Å²) in [4.78, 5) is 10.9. The van der Waals surface area contributed by atoms with E-state index in [9.17, 15) is 4.79 Å². The minimum Gasteiger partial charge on any atom is -0.478 e. The summed E-state index contributed by atoms with van der Waals surface area (Å²) in [6, 6.07) is 18.4. The summed E-state index contributed by atoms with van der Waals surface area (Å²) in [5, 5.41) is 15.1. The molecule has 194 valence electrons. The summed E-state index contributed by atoms with van der Waals surface area (Å²) in [5.41, 5.74) is 5.16. The monoisotopic (exact) mass is 530 g/mol. The van der Waals surface area contributed by atoms with Gasteiger partial charge in [0, 0.05) is 28.7 Å². The maximum atomic E-state index is 15.7. The third kappa shape index (κ3) is 5.28. The van der Waals surface area contributed by atoms with Gasteiger partial charge in [0.1, 0.15) is 5.82 Å². The van der Waals surface area contributed by atoms with Gasteiger partial charge in [0.05, 0.1) is 11.7 Å². The standard InChI is InChI=1S/C31H28ClFN2O3/c1-2-23(24-7-3-4-8-26(24)32)31(25-13-10-20(17-27(25)33)11-15-30(36)37)21-12-14-28-22(18-21)19-34-35(28)29-9-5-6-16-38-29/h3-4,7-8,10-15,17-19,29H,2,5-6,9,16H2,1H3,(H,36,37)/b15-11?,31-23-. The van der Waals surface area contributed by atoms with Gasteiger partial charge in [-0.15, -0.1) is 0 Å². The van der Waals surface area contributed by atoms with Crippen molar-refractivity contribution in [2.75, 3.05) is 6.61 Å². The van der Waals surface area contributed by atoms with Crippen LogP contribution in [0.4, 0.5) is 4.39 Å². The summed E-state index contributed by atoms with van der Waals surface area (Å²) in [5.74, 6) is -1.54. The topological polar surface area (TPSA) is 64.4 Å². The molecule has 1 saturated heterocycles. The number of carboxylic acids is 1. The van der Waals surface area contributed by atoms with Crippen LogP contribution in [0.5, 0.6) is 0 Å². The van der Waals surface area contributed by atoms with Gasteiger partial charge in [-0.2, -0.15) is 5.10 Å². The Balaban J connectivity index is 1.68. The molecule has 0 aliphatic carbocycles. The van der Waals surface area contributed by atoms with Crippen molar-refractivity contribution >= 4 is 45.7 Å². The predicted molar refractivity (Wildman–Crippen MR) is 149 cm³/mol. The van der Waals surface area contributed by atoms with Gasteiger partial charge in [-0.3, -0.25) is 0 Å². The number of hydrogen-bond acceptors (Lipinski definition) is 3. The number of ether oxygens (including phenoxy) is 1. The van der Waals surface area contributed by atoms with E-state index in [1.807, 2.05) is 60.3 Å². The van der Waals surface area contributed by atoms with Crippen LogP contribution in [0.15, 0.2) is 72.9 Å². The fourth-order valence-corrected chi connectivity index (χ4v) is 5.31. The quantitative estimate of drug-likeness (QED) is 0.194. The Bertz CT molecular complexity index is 1550. The van der Waals surface area contributed by atoms with Gasteiger partial charge in [-0.25, -0.2) is 13.9 Å². The zero-order chi connectivity index (χ0) is 26.6. The number of rotatable bonds is 7. The molecule has 1 unspecified atom stereocenters. The van der Waals surface area contributed by atoms with E-state index in [-0.39, 0.29) is 6.23 Å². The zero-order valence-electron chi connectivity index (χ0n) is 21.0. The molecular weight excluding hydrogens is 503 g/mol. The second-order valence-electron chi connectivity index (χ2n) is 9.28. The van der Waals surface area contributed by atoms with Gasteiger partial charge in [0.25, 0.3) is 0 Å². The van der Waals surface area contributed by atoms with Crippen molar-refractivity contribution in [3.8, 4) is 0 Å². The molecule has 4 aromatic rings. The van der Waals surface area contributed by atoms with Crippen molar-refractivity contribution in [3.63, 3.8) is 0 Å². The maximum Gasteiger partial charge on any atom is 0.328 e. The van der Waals surface area contributed by atoms with E-state index in [1.54, 1.807) is 12.1 Å². The third-order valence-corrected chi connectivity index (χ3v) is 7.18. The first kappa shape index (κ1) is 25.9. The number of hydrogen-bond donors (Lipinski definition) is 1. The van der Waals surface area contributed by atoms with E-state index in [0.717, 1.165) is 65.1 Å². The molecule has 0 amide bonds. The summed E-state index contributed by atoms with van der Waals surface area (Å²) < 4.78 is 23.6. The Morgan fingerprint density at radius 1 is 1.16 bits per heavy atom. The van der Waals surface area contributed by atoms with Gasteiger partial charge in [-0.1, -0.05) is 54.9 Å². The second kappa shape index (κ2) is 11.3. The Morgan fingerprint density at radius 2 is 2.00 bits per heavy atom. The Morgan fingerprint density at radius 3 is 2.71 bits per heavy atom. The molecular formula is C31H28ClFN2O3. The number of allylic oxidation sites excluding steroid dienone is 1. The number of benzene rings is 3. The molecule has 0 bridgehead atoms. The van der Waals surface area contributed by atoms with Crippen molar-refractivity contribution in [2.24, 2.45) is 0 Å². The van der Waals surface area contributed by atoms with Gasteiger partial charge in [0.2, 0.25) is 0 Å². The highest BCUT2D eigenvalue weighted by Gasteiger charge is 2.21. The van der Waals surface area contributed by atoms with Crippen molar-refractivity contribution in [1.29, 1.82) is 0 Å². The van der Waals surface area contributed by atoms with E-state index < -0.39 is 11.8 Å². The molecule has 1 N–H and O–H groups in total. The van der Waals surface area contributed by atoms with Crippen molar-refractivity contribution < 1.29 is 19.0 Å². The second-order valence-corrected chi connectivity index (χ2v) is 9.69. The number of carbonyl (C=O) groups is 1. The van der Waals surface area contributed by atoms with Crippen LogP contribution in [0.25, 0.3) is 28.1 Å². The number of aliphatic carboxylic acids is 1. The summed E-state index contributed by atoms with van der Waals surface area (Å²) in [6.45, 7) is 2.75. The molecule has 7 heteroatoms. The highest BCUT2D eigenvalue weighted by molar-refractivity contribution is 6.32. The molecule has 1 aliphatic heterocycles. The van der Waals surface area contributed by atoms with Crippen LogP contribution in [-0.2, 0) is 9.53 Å². The van der Waals surface area contributed by atoms with Crippen LogP contribution < -0.4 is 0 Å². The van der Waals surface area contributed by atoms with Crippen LogP contribution in [0.1, 0.15) is 61.1 Å². The lowest BCUT2D eigenvalue weighted by atomic mass is 9.87. The molecule has 5 nitrogen and oxygen atoms in total. The SMILES string of the molecule is CC/C(=C(\c1ccc2c(cnn2C2CCCCO2)c1)c1ccc(C=CC(=O)O)cc1F)c1ccccc1Cl. The molecule has 1 fully saturated rings. The minimum atomic E-state index is -1.09. The molecule has 38 heavy (non-hydrogen) atoms. The number of carboxylic acid groups (broad SMARTS) is 1. The fraction of sp³-hybridized carbons (Fsp3) is 0.226. The van der Waals surface area contributed by atoms with E-state index in [2.05, 4.69) is 5.10 Å². The summed E-state index contributed by atoms with van der Waals surface area (Å²) in [7, 11) is 0. The number of halogens is 2. The van der Waals surface area contributed by atoms with Gasteiger partial charge >= 0.3 is 5.97 Å². The zero-order valence-corrected chi connectivity index (χ0v) is 21.8. The summed E-state index contributed by atoms with van der Waals surface area (Å²) >= 11 is 6.62. The fourth-order valence-electron chi connectivity index (χ4n) is 5.06. The number of aromatic nitrogens is 2. The molecule has 0 radical (unpaired) electrons. The lowest BCUT2D eigenvalue weighted by molar-refractivity contribution is -0.131. The van der Waals surface area contributed by atoms with Crippen molar-refractivity contribution in [3.05, 3.63) is 106 Å². The Hall–Kier alpha value is -3.74. The molecule has 1 aromatic heterocycles. The van der Waals surface area contributed by atoms with Crippen LogP contribution in [0.2, 0.25) is 5.02 Å². The Kier molecular flexibility index (Phi) is 7.72. The lowest BCUT2D eigenvalue weighted by Gasteiger charge is -2.23. The predicted octanol–water partition coefficient (Wildman–Crippen LogP) is 7.99. The first-order valence-corrected chi connectivity index (χ1v) is 13.1. The van der Waals surface area contributed by atoms with E-state index in [4.69, 9.17) is 21.4 Å². The third-order valence-electron chi connectivity index (χ3n) is 6.85. The summed E-state index contributed by atoms with van der Waals surface area (Å²) in [6.07, 6.45) is 7.81. The van der Waals surface area contributed by atoms with Gasteiger partial charge in [0.15, 0.2) is 6.23 Å². The molecule has 2 heterocycles. The largest absolute Gasteiger partial charge is 0.478 e. The van der Waals surface area contributed by atoms with E-state index in [0.29, 0.717) is 22.6 Å². The number of nitrogens with zero attached hydrogens (tertiary/aromatic N) is 2. The van der Waals surface area contributed by atoms with Crippen LogP contribution in [0.3, 0.4) is 0 Å². The van der Waals surface area contributed by atoms with Gasteiger partial charge < -0.3 is 9.84 Å². The minimum absolute atomic E-state index is 0.0831. The highest BCUT2D eigenvalue weighted by Crippen LogP contribution is 2.39. The number of fused-ring (bicyclic) bond motifs is 1. The molecule has 1 aliphatic rings. The maximum absolute atomic E-state index is 15.7. The van der Waals surface area contributed by atoms with Crippen LogP contribution in [0, 0.1) is 5.82 Å². The smallest absolute Gasteiger partial charge is 0.328 e. The van der Waals surface area contributed by atoms with Crippen molar-refractivity contribution in [2.45, 2.75) is 38.8 Å². The molecule has 3 aromatic carbocycles. The Labute approximate surface area is 225 Å².